The Bertz CT molecular complexity index is 450. The fraction of sp³-hybridized carbons (Fsp3) is 0.533. The molecule has 1 aromatic carbocycles. The van der Waals surface area contributed by atoms with Gasteiger partial charge in [0.1, 0.15) is 0 Å². The topological polar surface area (TPSA) is 23.6 Å². The normalized spacial score (nSPS) is 20.1. The Kier molecular flexibility index (Phi) is 4.97. The first-order valence-corrected chi connectivity index (χ1v) is 7.08. The van der Waals surface area contributed by atoms with Crippen molar-refractivity contribution in [1.29, 1.82) is 0 Å². The maximum atomic E-state index is 12.1. The van der Waals surface area contributed by atoms with Crippen LogP contribution in [0.25, 0.3) is 0 Å². The number of rotatable bonds is 5. The molecule has 1 aromatic rings. The van der Waals surface area contributed by atoms with Crippen LogP contribution in [0.5, 0.6) is 0 Å². The first-order chi connectivity index (χ1) is 9.04. The molecule has 1 heterocycles. The molecule has 0 radical (unpaired) electrons. The number of hydrogen-bond acceptors (Lipinski definition) is 3. The van der Waals surface area contributed by atoms with Crippen LogP contribution in [0.1, 0.15) is 16.8 Å². The molecule has 1 saturated heterocycles. The molecule has 0 saturated carbocycles. The number of halogens is 1. The summed E-state index contributed by atoms with van der Waals surface area (Å²) in [5, 5.41) is 0.617. The van der Waals surface area contributed by atoms with Crippen molar-refractivity contribution in [2.75, 3.05) is 40.3 Å². The van der Waals surface area contributed by atoms with Gasteiger partial charge in [0.2, 0.25) is 0 Å². The molecule has 2 rings (SSSR count). The van der Waals surface area contributed by atoms with Gasteiger partial charge in [-0.05, 0) is 45.1 Å². The number of nitrogens with zero attached hydrogens (tertiary/aromatic N) is 2. The highest BCUT2D eigenvalue weighted by Crippen LogP contribution is 2.16. The average Bonchev–Trinajstić information content (AvgIpc) is 2.74. The van der Waals surface area contributed by atoms with Crippen LogP contribution in [0.2, 0.25) is 5.02 Å². The van der Waals surface area contributed by atoms with Crippen molar-refractivity contribution in [2.45, 2.75) is 6.42 Å². The molecule has 0 amide bonds. The van der Waals surface area contributed by atoms with E-state index in [-0.39, 0.29) is 5.78 Å². The predicted molar refractivity (Wildman–Crippen MR) is 78.9 cm³/mol. The van der Waals surface area contributed by atoms with Crippen molar-refractivity contribution < 1.29 is 4.79 Å². The minimum Gasteiger partial charge on any atom is -0.306 e. The summed E-state index contributed by atoms with van der Waals surface area (Å²) in [5.74, 6) is 0.818. The molecule has 1 aliphatic heterocycles. The summed E-state index contributed by atoms with van der Waals surface area (Å²) in [6.07, 6.45) is 1.23. The van der Waals surface area contributed by atoms with Crippen LogP contribution in [0.4, 0.5) is 0 Å². The van der Waals surface area contributed by atoms with Crippen LogP contribution in [-0.2, 0) is 0 Å². The van der Waals surface area contributed by atoms with Gasteiger partial charge in [0.25, 0.3) is 0 Å². The van der Waals surface area contributed by atoms with Crippen molar-refractivity contribution >= 4 is 17.4 Å². The molecule has 4 heteroatoms. The fourth-order valence-electron chi connectivity index (χ4n) is 2.68. The molecule has 0 aliphatic carbocycles. The number of carbonyl (C=O) groups excluding carboxylic acids is 1. The number of benzene rings is 1. The van der Waals surface area contributed by atoms with Gasteiger partial charge >= 0.3 is 0 Å². The standard InChI is InChI=1S/C15H21ClN2O/c1-17-7-6-12(9-17)10-18(2)11-15(19)13-4-3-5-14(16)8-13/h3-5,8,12H,6-7,9-11H2,1-2H3. The van der Waals surface area contributed by atoms with E-state index in [0.29, 0.717) is 23.0 Å². The number of Topliss-reactive ketones (excluding diaryl/α,β-unsaturated/α-hetero) is 1. The van der Waals surface area contributed by atoms with Crippen molar-refractivity contribution in [1.82, 2.24) is 9.80 Å². The molecule has 0 bridgehead atoms. The Morgan fingerprint density at radius 2 is 2.32 bits per heavy atom. The summed E-state index contributed by atoms with van der Waals surface area (Å²) in [4.78, 5) is 16.6. The average molecular weight is 281 g/mol. The van der Waals surface area contributed by atoms with E-state index in [1.54, 1.807) is 12.1 Å². The van der Waals surface area contributed by atoms with E-state index in [1.807, 2.05) is 19.2 Å². The first kappa shape index (κ1) is 14.5. The third-order valence-electron chi connectivity index (χ3n) is 3.62. The molecule has 1 aliphatic rings. The number of ketones is 1. The summed E-state index contributed by atoms with van der Waals surface area (Å²) < 4.78 is 0. The maximum Gasteiger partial charge on any atom is 0.176 e. The predicted octanol–water partition coefficient (Wildman–Crippen LogP) is 2.41. The Morgan fingerprint density at radius 3 is 2.95 bits per heavy atom. The smallest absolute Gasteiger partial charge is 0.176 e. The fourth-order valence-corrected chi connectivity index (χ4v) is 2.87. The minimum atomic E-state index is 0.136. The second-order valence-corrected chi connectivity index (χ2v) is 5.98. The molecule has 1 atom stereocenters. The summed E-state index contributed by atoms with van der Waals surface area (Å²) in [7, 11) is 4.16. The molecule has 1 unspecified atom stereocenters. The Hall–Kier alpha value is -0.900. The van der Waals surface area contributed by atoms with Gasteiger partial charge in [0, 0.05) is 23.7 Å². The van der Waals surface area contributed by atoms with Gasteiger partial charge in [-0.15, -0.1) is 0 Å². The molecule has 104 valence electrons. The molecule has 1 fully saturated rings. The molecule has 19 heavy (non-hydrogen) atoms. The molecular weight excluding hydrogens is 260 g/mol. The summed E-state index contributed by atoms with van der Waals surface area (Å²) in [5.41, 5.74) is 0.697. The van der Waals surface area contributed by atoms with Gasteiger partial charge < -0.3 is 4.90 Å². The zero-order valence-corrected chi connectivity index (χ0v) is 12.4. The molecule has 0 N–H and O–H groups in total. The third kappa shape index (κ3) is 4.30. The molecule has 3 nitrogen and oxygen atoms in total. The Morgan fingerprint density at radius 1 is 1.53 bits per heavy atom. The number of hydrogen-bond donors (Lipinski definition) is 0. The quantitative estimate of drug-likeness (QED) is 0.774. The van der Waals surface area contributed by atoms with Crippen LogP contribution in [0.15, 0.2) is 24.3 Å². The Labute approximate surface area is 120 Å². The number of carbonyl (C=O) groups is 1. The summed E-state index contributed by atoms with van der Waals surface area (Å²) in [6, 6.07) is 7.17. The van der Waals surface area contributed by atoms with E-state index in [9.17, 15) is 4.79 Å². The minimum absolute atomic E-state index is 0.136. The van der Waals surface area contributed by atoms with E-state index in [0.717, 1.165) is 13.1 Å². The summed E-state index contributed by atoms with van der Waals surface area (Å²) >= 11 is 5.91. The van der Waals surface area contributed by atoms with Gasteiger partial charge in [0.15, 0.2) is 5.78 Å². The zero-order valence-electron chi connectivity index (χ0n) is 11.6. The lowest BCUT2D eigenvalue weighted by molar-refractivity contribution is 0.0938. The third-order valence-corrected chi connectivity index (χ3v) is 3.85. The van der Waals surface area contributed by atoms with E-state index in [4.69, 9.17) is 11.6 Å². The van der Waals surface area contributed by atoms with Gasteiger partial charge in [-0.2, -0.15) is 0 Å². The maximum absolute atomic E-state index is 12.1. The van der Waals surface area contributed by atoms with Crippen molar-refractivity contribution in [3.63, 3.8) is 0 Å². The van der Waals surface area contributed by atoms with Crippen molar-refractivity contribution in [2.24, 2.45) is 5.92 Å². The second kappa shape index (κ2) is 6.51. The van der Waals surface area contributed by atoms with E-state index < -0.39 is 0 Å². The lowest BCUT2D eigenvalue weighted by Crippen LogP contribution is -2.31. The van der Waals surface area contributed by atoms with Crippen LogP contribution in [-0.4, -0.2) is 55.9 Å². The van der Waals surface area contributed by atoms with E-state index in [2.05, 4.69) is 16.8 Å². The monoisotopic (exact) mass is 280 g/mol. The Balaban J connectivity index is 1.85. The van der Waals surface area contributed by atoms with Gasteiger partial charge in [-0.3, -0.25) is 9.69 Å². The van der Waals surface area contributed by atoms with Gasteiger partial charge in [-0.25, -0.2) is 0 Å². The van der Waals surface area contributed by atoms with Gasteiger partial charge in [0.05, 0.1) is 6.54 Å². The zero-order chi connectivity index (χ0) is 13.8. The first-order valence-electron chi connectivity index (χ1n) is 6.70. The van der Waals surface area contributed by atoms with Crippen molar-refractivity contribution in [3.05, 3.63) is 34.9 Å². The second-order valence-electron chi connectivity index (χ2n) is 5.55. The highest BCUT2D eigenvalue weighted by molar-refractivity contribution is 6.31. The van der Waals surface area contributed by atoms with Crippen LogP contribution in [0, 0.1) is 5.92 Å². The van der Waals surface area contributed by atoms with Crippen LogP contribution in [0.3, 0.4) is 0 Å². The number of likely N-dealkylation sites (N-methyl/N-ethyl adjacent to an activating group) is 1. The summed E-state index contributed by atoms with van der Waals surface area (Å²) in [6.45, 7) is 3.74. The molecule has 0 aromatic heterocycles. The largest absolute Gasteiger partial charge is 0.306 e. The number of likely N-dealkylation sites (tertiary alicyclic amines) is 1. The molecular formula is C15H21ClN2O. The van der Waals surface area contributed by atoms with Crippen molar-refractivity contribution in [3.8, 4) is 0 Å². The van der Waals surface area contributed by atoms with Gasteiger partial charge in [-0.1, -0.05) is 23.7 Å². The van der Waals surface area contributed by atoms with E-state index in [1.165, 1.54) is 13.0 Å². The van der Waals surface area contributed by atoms with Crippen LogP contribution >= 0.6 is 11.6 Å². The highest BCUT2D eigenvalue weighted by atomic mass is 35.5. The lowest BCUT2D eigenvalue weighted by Gasteiger charge is -2.20. The van der Waals surface area contributed by atoms with Crippen LogP contribution < -0.4 is 0 Å². The lowest BCUT2D eigenvalue weighted by atomic mass is 10.1. The van der Waals surface area contributed by atoms with E-state index >= 15 is 0 Å². The molecule has 0 spiro atoms. The highest BCUT2D eigenvalue weighted by Gasteiger charge is 2.21. The SMILES string of the molecule is CN1CCC(CN(C)CC(=O)c2cccc(Cl)c2)C1.